The van der Waals surface area contributed by atoms with Crippen LogP contribution in [0.15, 0.2) is 47.5 Å². The lowest BCUT2D eigenvalue weighted by atomic mass is 10.1. The lowest BCUT2D eigenvalue weighted by Crippen LogP contribution is -2.51. The lowest BCUT2D eigenvalue weighted by molar-refractivity contribution is -0.137. The van der Waals surface area contributed by atoms with Gasteiger partial charge in [0.2, 0.25) is 12.3 Å². The third-order valence-electron chi connectivity index (χ3n) is 4.90. The molecule has 9 nitrogen and oxygen atoms in total. The number of aromatic nitrogens is 4. The third kappa shape index (κ3) is 6.78. The van der Waals surface area contributed by atoms with Crippen molar-refractivity contribution in [2.45, 2.75) is 32.5 Å². The zero-order valence-electron chi connectivity index (χ0n) is 20.2. The van der Waals surface area contributed by atoms with Crippen LogP contribution < -0.4 is 10.9 Å². The maximum atomic E-state index is 12.7. The van der Waals surface area contributed by atoms with E-state index in [9.17, 15) is 27.6 Å². The maximum absolute atomic E-state index is 12.7. The molecule has 0 fully saturated rings. The first-order valence-corrected chi connectivity index (χ1v) is 10.4. The highest BCUT2D eigenvalue weighted by Crippen LogP contribution is 2.30. The van der Waals surface area contributed by atoms with E-state index in [4.69, 9.17) is 0 Å². The summed E-state index contributed by atoms with van der Waals surface area (Å²) < 4.78 is 40.7. The van der Waals surface area contributed by atoms with Crippen molar-refractivity contribution < 1.29 is 22.8 Å². The van der Waals surface area contributed by atoms with Crippen LogP contribution in [0.5, 0.6) is 0 Å². The summed E-state index contributed by atoms with van der Waals surface area (Å²) in [5, 5.41) is 10.7. The van der Waals surface area contributed by atoms with Gasteiger partial charge in [-0.05, 0) is 39.0 Å². The number of halogens is 3. The largest absolute Gasteiger partial charge is 0.416 e. The van der Waals surface area contributed by atoms with E-state index >= 15 is 0 Å². The smallest absolute Gasteiger partial charge is 0.347 e. The van der Waals surface area contributed by atoms with E-state index in [1.165, 1.54) is 32.6 Å². The zero-order chi connectivity index (χ0) is 26.6. The molecule has 2 aromatic heterocycles. The molecule has 1 aromatic carbocycles. The quantitative estimate of drug-likeness (QED) is 0.552. The molecule has 3 aromatic rings. The molecule has 0 unspecified atom stereocenters. The van der Waals surface area contributed by atoms with Crippen LogP contribution in [-0.2, 0) is 22.8 Å². The van der Waals surface area contributed by atoms with Crippen molar-refractivity contribution in [2.24, 2.45) is 7.05 Å². The van der Waals surface area contributed by atoms with Crippen LogP contribution >= 0.6 is 0 Å². The van der Waals surface area contributed by atoms with Gasteiger partial charge in [0.1, 0.15) is 11.2 Å². The molecule has 0 atom stereocenters. The van der Waals surface area contributed by atoms with Crippen molar-refractivity contribution in [3.8, 4) is 16.9 Å². The highest BCUT2D eigenvalue weighted by molar-refractivity contribution is 5.86. The Balaban J connectivity index is 0.000000334. The Labute approximate surface area is 200 Å². The van der Waals surface area contributed by atoms with Gasteiger partial charge in [-0.15, -0.1) is 0 Å². The van der Waals surface area contributed by atoms with Crippen LogP contribution in [0.4, 0.5) is 13.2 Å². The Hall–Kier alpha value is -3.96. The van der Waals surface area contributed by atoms with Gasteiger partial charge < -0.3 is 10.2 Å². The van der Waals surface area contributed by atoms with E-state index in [1.54, 1.807) is 54.2 Å². The number of hydrogen-bond donors (Lipinski definition) is 1. The van der Waals surface area contributed by atoms with Gasteiger partial charge >= 0.3 is 6.18 Å². The van der Waals surface area contributed by atoms with Gasteiger partial charge in [0.25, 0.3) is 5.56 Å². The SMILES string of the molecule is CN(C)C(=O)C(C)(C)NC=O.Cc1cc(-c2ccc(C(F)(F)F)cc2)nn(-c2cnn(C)c2)c1=O. The normalized spacial score (nSPS) is 11.3. The minimum Gasteiger partial charge on any atom is -0.347 e. The third-order valence-corrected chi connectivity index (χ3v) is 4.90. The fraction of sp³-hybridized carbons (Fsp3) is 0.348. The van der Waals surface area contributed by atoms with E-state index in [0.29, 0.717) is 28.9 Å². The number of alkyl halides is 3. The second kappa shape index (κ2) is 10.5. The number of nitrogens with zero attached hydrogens (tertiary/aromatic N) is 5. The lowest BCUT2D eigenvalue weighted by Gasteiger charge is -2.25. The minimum absolute atomic E-state index is 0.121. The summed E-state index contributed by atoms with van der Waals surface area (Å²) in [5.74, 6) is -0.121. The average Bonchev–Trinajstić information content (AvgIpc) is 3.21. The predicted molar refractivity (Wildman–Crippen MR) is 124 cm³/mol. The molecule has 3 rings (SSSR count). The molecule has 0 radical (unpaired) electrons. The molecular formula is C23H27F3N6O3. The number of benzene rings is 1. The van der Waals surface area contributed by atoms with Gasteiger partial charge in [-0.1, -0.05) is 12.1 Å². The van der Waals surface area contributed by atoms with E-state index in [1.807, 2.05) is 0 Å². The molecule has 0 spiro atoms. The molecule has 2 amide bonds. The van der Waals surface area contributed by atoms with Crippen LogP contribution in [0.3, 0.4) is 0 Å². The van der Waals surface area contributed by atoms with Crippen LogP contribution in [0, 0.1) is 6.92 Å². The minimum atomic E-state index is -4.39. The summed E-state index contributed by atoms with van der Waals surface area (Å²) in [6.45, 7) is 4.94. The van der Waals surface area contributed by atoms with Crippen molar-refractivity contribution in [1.29, 1.82) is 0 Å². The highest BCUT2D eigenvalue weighted by atomic mass is 19.4. The standard InChI is InChI=1S/C16H13F3N4O.C7H14N2O2/c1-10-7-14(11-3-5-12(6-4-11)16(17,18)19)21-23(15(10)24)13-8-20-22(2)9-13;1-7(2,8-5-10)6(11)9(3)4/h3-9H,1-2H3;5H,1-4H3,(H,8,10). The molecule has 1 N–H and O–H groups in total. The fourth-order valence-corrected chi connectivity index (χ4v) is 3.05. The molecule has 0 aliphatic rings. The van der Waals surface area contributed by atoms with Crippen molar-refractivity contribution in [2.75, 3.05) is 14.1 Å². The molecule has 0 aliphatic heterocycles. The summed E-state index contributed by atoms with van der Waals surface area (Å²) in [6.07, 6.45) is -0.744. The number of carbonyl (C=O) groups is 2. The first-order chi connectivity index (χ1) is 16.2. The molecule has 0 saturated heterocycles. The van der Waals surface area contributed by atoms with E-state index in [0.717, 1.165) is 12.1 Å². The number of amides is 2. The van der Waals surface area contributed by atoms with Gasteiger partial charge in [-0.2, -0.15) is 28.1 Å². The van der Waals surface area contributed by atoms with Crippen LogP contribution in [0.1, 0.15) is 25.0 Å². The number of hydrogen-bond acceptors (Lipinski definition) is 5. The van der Waals surface area contributed by atoms with E-state index in [2.05, 4.69) is 15.5 Å². The van der Waals surface area contributed by atoms with Gasteiger partial charge in [0.05, 0.1) is 23.7 Å². The van der Waals surface area contributed by atoms with Crippen LogP contribution in [-0.4, -0.2) is 56.4 Å². The number of nitrogens with one attached hydrogen (secondary N) is 1. The Morgan fingerprint density at radius 2 is 1.74 bits per heavy atom. The summed E-state index contributed by atoms with van der Waals surface area (Å²) in [5.41, 5.74) is -0.0237. The molecule has 35 heavy (non-hydrogen) atoms. The fourth-order valence-electron chi connectivity index (χ4n) is 3.05. The first kappa shape index (κ1) is 27.3. The molecular weight excluding hydrogens is 465 g/mol. The maximum Gasteiger partial charge on any atom is 0.416 e. The number of aryl methyl sites for hydroxylation is 2. The second-order valence-electron chi connectivity index (χ2n) is 8.46. The highest BCUT2D eigenvalue weighted by Gasteiger charge is 2.30. The summed E-state index contributed by atoms with van der Waals surface area (Å²) in [6, 6.07) is 6.21. The van der Waals surface area contributed by atoms with Gasteiger partial charge in [0, 0.05) is 32.3 Å². The molecule has 12 heteroatoms. The predicted octanol–water partition coefficient (Wildman–Crippen LogP) is 2.56. The second-order valence-corrected chi connectivity index (χ2v) is 8.46. The van der Waals surface area contributed by atoms with E-state index in [-0.39, 0.29) is 11.5 Å². The Kier molecular flexibility index (Phi) is 8.21. The Bertz CT molecular complexity index is 1240. The van der Waals surface area contributed by atoms with Gasteiger partial charge in [-0.25, -0.2) is 0 Å². The van der Waals surface area contributed by atoms with E-state index < -0.39 is 17.3 Å². The van der Waals surface area contributed by atoms with Crippen LogP contribution in [0.25, 0.3) is 16.9 Å². The monoisotopic (exact) mass is 492 g/mol. The Morgan fingerprint density at radius 1 is 1.14 bits per heavy atom. The Morgan fingerprint density at radius 3 is 2.20 bits per heavy atom. The van der Waals surface area contributed by atoms with Gasteiger partial charge in [0.15, 0.2) is 0 Å². The average molecular weight is 493 g/mol. The first-order valence-electron chi connectivity index (χ1n) is 10.4. The topological polar surface area (TPSA) is 102 Å². The van der Waals surface area contributed by atoms with Crippen molar-refractivity contribution >= 4 is 12.3 Å². The molecule has 0 bridgehead atoms. The molecule has 188 valence electrons. The molecule has 2 heterocycles. The van der Waals surface area contributed by atoms with Crippen molar-refractivity contribution in [1.82, 2.24) is 29.8 Å². The van der Waals surface area contributed by atoms with Crippen LogP contribution in [0.2, 0.25) is 0 Å². The summed E-state index contributed by atoms with van der Waals surface area (Å²) in [4.78, 5) is 35.0. The zero-order valence-corrected chi connectivity index (χ0v) is 20.2. The summed E-state index contributed by atoms with van der Waals surface area (Å²) in [7, 11) is 5.01. The summed E-state index contributed by atoms with van der Waals surface area (Å²) >= 11 is 0. The van der Waals surface area contributed by atoms with Crippen molar-refractivity contribution in [3.63, 3.8) is 0 Å². The molecule has 0 aliphatic carbocycles. The van der Waals surface area contributed by atoms with Gasteiger partial charge in [-0.3, -0.25) is 19.1 Å². The molecule has 0 saturated carbocycles. The number of likely N-dealkylation sites (N-methyl/N-ethyl adjacent to an activating group) is 1. The van der Waals surface area contributed by atoms with Crippen molar-refractivity contribution in [3.05, 3.63) is 64.2 Å². The number of carbonyl (C=O) groups excluding carboxylic acids is 2. The number of rotatable bonds is 5.